The molecule has 0 aromatic carbocycles. The van der Waals surface area contributed by atoms with Crippen molar-refractivity contribution in [3.8, 4) is 0 Å². The maximum absolute atomic E-state index is 2.26. The van der Waals surface area contributed by atoms with Gasteiger partial charge < -0.3 is 0 Å². The zero-order valence-electron chi connectivity index (χ0n) is 4.65. The Bertz CT molecular complexity index is 107. The summed E-state index contributed by atoms with van der Waals surface area (Å²) in [6, 6.07) is 0. The molecule has 9 heavy (non-hydrogen) atoms. The summed E-state index contributed by atoms with van der Waals surface area (Å²) in [5.74, 6) is 0. The van der Waals surface area contributed by atoms with Gasteiger partial charge in [-0.1, -0.05) is 38.7 Å². The van der Waals surface area contributed by atoms with E-state index >= 15 is 0 Å². The predicted octanol–water partition coefficient (Wildman–Crippen LogP) is 3.55. The SMILES string of the molecule is C.C.CC1=CCCC=C1. The molecule has 0 amide bonds. The van der Waals surface area contributed by atoms with E-state index < -0.39 is 0 Å². The predicted molar refractivity (Wildman–Crippen MR) is 45.6 cm³/mol. The Hall–Kier alpha value is -0.520. The molecule has 0 spiro atoms. The Morgan fingerprint density at radius 3 is 2.11 bits per heavy atom. The van der Waals surface area contributed by atoms with Crippen LogP contribution in [0, 0.1) is 0 Å². The minimum Gasteiger partial charge on any atom is -0.0840 e. The zero-order valence-corrected chi connectivity index (χ0v) is 4.65. The molecule has 0 nitrogen and oxygen atoms in total. The molecule has 0 N–H and O–H groups in total. The van der Waals surface area contributed by atoms with Gasteiger partial charge in [-0.3, -0.25) is 0 Å². The topological polar surface area (TPSA) is 0 Å². The second kappa shape index (κ2) is 5.61. The molecule has 1 aliphatic carbocycles. The third-order valence-corrected chi connectivity index (χ3v) is 1.18. The number of rotatable bonds is 0. The minimum atomic E-state index is 0. The van der Waals surface area contributed by atoms with Gasteiger partial charge in [0.05, 0.1) is 0 Å². The Morgan fingerprint density at radius 2 is 1.89 bits per heavy atom. The first-order valence-electron chi connectivity index (χ1n) is 2.73. The van der Waals surface area contributed by atoms with Crippen LogP contribution in [0.3, 0.4) is 0 Å². The van der Waals surface area contributed by atoms with Crippen molar-refractivity contribution in [2.24, 2.45) is 0 Å². The molecule has 0 radical (unpaired) electrons. The summed E-state index contributed by atoms with van der Waals surface area (Å²) in [5, 5.41) is 0. The van der Waals surface area contributed by atoms with Crippen LogP contribution in [-0.4, -0.2) is 0 Å². The lowest BCUT2D eigenvalue weighted by molar-refractivity contribution is 1.02. The van der Waals surface area contributed by atoms with E-state index in [0.717, 1.165) is 0 Å². The van der Waals surface area contributed by atoms with Crippen LogP contribution in [0.15, 0.2) is 23.8 Å². The van der Waals surface area contributed by atoms with Crippen molar-refractivity contribution in [2.45, 2.75) is 34.6 Å². The lowest BCUT2D eigenvalue weighted by atomic mass is 10.1. The quantitative estimate of drug-likeness (QED) is 0.465. The third-order valence-electron chi connectivity index (χ3n) is 1.18. The van der Waals surface area contributed by atoms with Crippen LogP contribution in [0.1, 0.15) is 34.6 Å². The molecule has 0 atom stereocenters. The van der Waals surface area contributed by atoms with Crippen LogP contribution in [-0.2, 0) is 0 Å². The van der Waals surface area contributed by atoms with Crippen LogP contribution in [0.2, 0.25) is 0 Å². The van der Waals surface area contributed by atoms with Crippen LogP contribution >= 0.6 is 0 Å². The van der Waals surface area contributed by atoms with E-state index in [0.29, 0.717) is 0 Å². The largest absolute Gasteiger partial charge is 0.0840 e. The van der Waals surface area contributed by atoms with Crippen molar-refractivity contribution >= 4 is 0 Å². The van der Waals surface area contributed by atoms with Gasteiger partial charge in [0, 0.05) is 0 Å². The summed E-state index contributed by atoms with van der Waals surface area (Å²) in [6.45, 7) is 2.13. The molecule has 1 aliphatic rings. The smallest absolute Gasteiger partial charge is 0.0310 e. The second-order valence-electron chi connectivity index (χ2n) is 1.93. The molecule has 0 aliphatic heterocycles. The van der Waals surface area contributed by atoms with E-state index in [-0.39, 0.29) is 14.9 Å². The molecular formula is C9H18. The highest BCUT2D eigenvalue weighted by Gasteiger charge is 1.86. The highest BCUT2D eigenvalue weighted by molar-refractivity contribution is 5.18. The van der Waals surface area contributed by atoms with E-state index in [2.05, 4.69) is 25.2 Å². The van der Waals surface area contributed by atoms with Gasteiger partial charge in [-0.05, 0) is 19.8 Å². The Labute approximate surface area is 59.3 Å². The summed E-state index contributed by atoms with van der Waals surface area (Å²) in [7, 11) is 0. The van der Waals surface area contributed by atoms with Crippen molar-refractivity contribution in [1.82, 2.24) is 0 Å². The van der Waals surface area contributed by atoms with Crippen molar-refractivity contribution in [2.75, 3.05) is 0 Å². The third kappa shape index (κ3) is 4.01. The van der Waals surface area contributed by atoms with Crippen molar-refractivity contribution in [3.63, 3.8) is 0 Å². The monoisotopic (exact) mass is 126 g/mol. The van der Waals surface area contributed by atoms with Gasteiger partial charge >= 0.3 is 0 Å². The fourth-order valence-corrected chi connectivity index (χ4v) is 0.744. The van der Waals surface area contributed by atoms with E-state index in [4.69, 9.17) is 0 Å². The second-order valence-corrected chi connectivity index (χ2v) is 1.93. The normalized spacial score (nSPS) is 15.0. The molecule has 54 valence electrons. The fraction of sp³-hybridized carbons (Fsp3) is 0.556. The Morgan fingerprint density at radius 1 is 1.22 bits per heavy atom. The van der Waals surface area contributed by atoms with E-state index in [9.17, 15) is 0 Å². The molecule has 0 aromatic heterocycles. The molecule has 0 saturated heterocycles. The van der Waals surface area contributed by atoms with Crippen LogP contribution in [0.5, 0.6) is 0 Å². The first-order chi connectivity index (χ1) is 3.39. The van der Waals surface area contributed by atoms with Crippen LogP contribution in [0.25, 0.3) is 0 Å². The minimum absolute atomic E-state index is 0. The molecule has 0 aromatic rings. The molecule has 0 fully saturated rings. The van der Waals surface area contributed by atoms with E-state index in [1.807, 2.05) is 0 Å². The van der Waals surface area contributed by atoms with Gasteiger partial charge in [0.2, 0.25) is 0 Å². The number of hydrogen-bond acceptors (Lipinski definition) is 0. The maximum atomic E-state index is 2.26. The molecule has 0 unspecified atom stereocenters. The highest BCUT2D eigenvalue weighted by Crippen LogP contribution is 2.06. The van der Waals surface area contributed by atoms with Gasteiger partial charge in [-0.15, -0.1) is 0 Å². The van der Waals surface area contributed by atoms with Crippen LogP contribution < -0.4 is 0 Å². The van der Waals surface area contributed by atoms with Gasteiger partial charge in [-0.2, -0.15) is 0 Å². The highest BCUT2D eigenvalue weighted by atomic mass is 13.9. The first kappa shape index (κ1) is 11.3. The van der Waals surface area contributed by atoms with Crippen LogP contribution in [0.4, 0.5) is 0 Å². The molecule has 0 bridgehead atoms. The first-order valence-corrected chi connectivity index (χ1v) is 2.73. The van der Waals surface area contributed by atoms with E-state index in [1.165, 1.54) is 18.4 Å². The molecular weight excluding hydrogens is 108 g/mol. The average molecular weight is 126 g/mol. The summed E-state index contributed by atoms with van der Waals surface area (Å²) in [5.41, 5.74) is 1.41. The summed E-state index contributed by atoms with van der Waals surface area (Å²) in [6.07, 6.45) is 9.12. The van der Waals surface area contributed by atoms with E-state index in [1.54, 1.807) is 0 Å². The number of allylic oxidation sites excluding steroid dienone is 4. The fourth-order valence-electron chi connectivity index (χ4n) is 0.744. The Balaban J connectivity index is 0. The lowest BCUT2D eigenvalue weighted by Crippen LogP contribution is -1.76. The standard InChI is InChI=1S/C7H10.2CH4/c1-7-5-3-2-4-6-7;;/h3,5-6H,2,4H2,1H3;2*1H4. The molecule has 0 saturated carbocycles. The average Bonchev–Trinajstić information content (AvgIpc) is 1.69. The molecule has 0 heterocycles. The van der Waals surface area contributed by atoms with Gasteiger partial charge in [0.25, 0.3) is 0 Å². The molecule has 0 heteroatoms. The Kier molecular flexibility index (Phi) is 7.05. The van der Waals surface area contributed by atoms with Crippen molar-refractivity contribution < 1.29 is 0 Å². The van der Waals surface area contributed by atoms with Gasteiger partial charge in [0.15, 0.2) is 0 Å². The van der Waals surface area contributed by atoms with Crippen molar-refractivity contribution in [1.29, 1.82) is 0 Å². The van der Waals surface area contributed by atoms with Crippen molar-refractivity contribution in [3.05, 3.63) is 23.8 Å². The maximum Gasteiger partial charge on any atom is -0.0310 e. The number of hydrogen-bond donors (Lipinski definition) is 0. The molecule has 1 rings (SSSR count). The zero-order chi connectivity index (χ0) is 5.11. The van der Waals surface area contributed by atoms with Gasteiger partial charge in [0.1, 0.15) is 0 Å². The van der Waals surface area contributed by atoms with Gasteiger partial charge in [-0.25, -0.2) is 0 Å². The summed E-state index contributed by atoms with van der Waals surface area (Å²) < 4.78 is 0. The summed E-state index contributed by atoms with van der Waals surface area (Å²) >= 11 is 0. The lowest BCUT2D eigenvalue weighted by Gasteiger charge is -1.96. The summed E-state index contributed by atoms with van der Waals surface area (Å²) in [4.78, 5) is 0.